The van der Waals surface area contributed by atoms with E-state index in [1.54, 1.807) is 17.9 Å². The van der Waals surface area contributed by atoms with E-state index in [9.17, 15) is 9.59 Å². The van der Waals surface area contributed by atoms with E-state index < -0.39 is 0 Å². The Morgan fingerprint density at radius 2 is 1.79 bits per heavy atom. The van der Waals surface area contributed by atoms with Gasteiger partial charge in [-0.1, -0.05) is 57.3 Å². The molecule has 2 aromatic rings. The molecule has 1 aromatic heterocycles. The molecule has 2 amide bonds. The number of aryl methyl sites for hydroxylation is 1. The summed E-state index contributed by atoms with van der Waals surface area (Å²) in [5, 5.41) is 6.53. The number of nitrogens with zero attached hydrogens (tertiary/aromatic N) is 2. The predicted molar refractivity (Wildman–Crippen MR) is 113 cm³/mol. The van der Waals surface area contributed by atoms with Gasteiger partial charge in [0, 0.05) is 17.7 Å². The van der Waals surface area contributed by atoms with E-state index in [4.69, 9.17) is 4.52 Å². The fourth-order valence-electron chi connectivity index (χ4n) is 3.80. The van der Waals surface area contributed by atoms with Crippen LogP contribution in [0.2, 0.25) is 0 Å². The van der Waals surface area contributed by atoms with Crippen molar-refractivity contribution in [2.45, 2.75) is 71.3 Å². The second-order valence-corrected chi connectivity index (χ2v) is 8.92. The summed E-state index contributed by atoms with van der Waals surface area (Å²) in [7, 11) is 0. The van der Waals surface area contributed by atoms with E-state index in [1.807, 2.05) is 24.3 Å². The Kier molecular flexibility index (Phi) is 6.40. The topological polar surface area (TPSA) is 75.4 Å². The van der Waals surface area contributed by atoms with Gasteiger partial charge in [0.25, 0.3) is 5.91 Å². The van der Waals surface area contributed by atoms with Gasteiger partial charge in [-0.25, -0.2) is 0 Å². The smallest absolute Gasteiger partial charge is 0.254 e. The molecule has 1 aliphatic carbocycles. The van der Waals surface area contributed by atoms with Crippen LogP contribution in [0.5, 0.6) is 0 Å². The monoisotopic (exact) mass is 397 g/mol. The van der Waals surface area contributed by atoms with Crippen molar-refractivity contribution in [3.05, 3.63) is 47.2 Å². The minimum absolute atomic E-state index is 0.0103. The molecule has 29 heavy (non-hydrogen) atoms. The van der Waals surface area contributed by atoms with E-state index in [2.05, 4.69) is 31.2 Å². The molecule has 1 aliphatic rings. The molecule has 0 saturated heterocycles. The van der Waals surface area contributed by atoms with Crippen LogP contribution in [0.4, 0.5) is 5.82 Å². The Labute approximate surface area is 172 Å². The van der Waals surface area contributed by atoms with Crippen LogP contribution in [0.15, 0.2) is 34.9 Å². The zero-order chi connectivity index (χ0) is 21.0. The third-order valence-corrected chi connectivity index (χ3v) is 5.48. The van der Waals surface area contributed by atoms with Crippen LogP contribution in [0.3, 0.4) is 0 Å². The number of carbonyl (C=O) groups excluding carboxylic acids is 2. The highest BCUT2D eigenvalue weighted by atomic mass is 16.5. The standard InChI is InChI=1S/C23H31N3O3/c1-16-14-20(25-29-16)24-21(27)15-26(19-8-6-5-7-9-19)22(28)17-10-12-18(13-11-17)23(2,3)4/h10-14,19H,5-9,15H2,1-4H3,(H,24,25,27). The van der Waals surface area contributed by atoms with Gasteiger partial charge >= 0.3 is 0 Å². The minimum atomic E-state index is -0.261. The molecular weight excluding hydrogens is 366 g/mol. The van der Waals surface area contributed by atoms with Gasteiger partial charge in [-0.2, -0.15) is 0 Å². The molecule has 0 bridgehead atoms. The molecule has 6 heteroatoms. The largest absolute Gasteiger partial charge is 0.360 e. The maximum Gasteiger partial charge on any atom is 0.254 e. The summed E-state index contributed by atoms with van der Waals surface area (Å²) in [5.74, 6) is 0.643. The van der Waals surface area contributed by atoms with Crippen LogP contribution < -0.4 is 5.32 Å². The van der Waals surface area contributed by atoms with Gasteiger partial charge in [0.15, 0.2) is 5.82 Å². The first-order chi connectivity index (χ1) is 13.7. The molecule has 1 saturated carbocycles. The third-order valence-electron chi connectivity index (χ3n) is 5.48. The molecule has 3 rings (SSSR count). The molecule has 0 aliphatic heterocycles. The van der Waals surface area contributed by atoms with Crippen LogP contribution in [0.1, 0.15) is 74.6 Å². The molecule has 0 radical (unpaired) electrons. The number of carbonyl (C=O) groups is 2. The van der Waals surface area contributed by atoms with Crippen molar-refractivity contribution >= 4 is 17.6 Å². The number of rotatable bonds is 5. The summed E-state index contributed by atoms with van der Waals surface area (Å²) in [4.78, 5) is 27.6. The van der Waals surface area contributed by atoms with Crippen molar-refractivity contribution in [2.24, 2.45) is 0 Å². The Morgan fingerprint density at radius 1 is 1.14 bits per heavy atom. The summed E-state index contributed by atoms with van der Waals surface area (Å²) in [6, 6.07) is 9.50. The first kappa shape index (κ1) is 21.1. The normalized spacial score (nSPS) is 15.2. The summed E-state index contributed by atoms with van der Waals surface area (Å²) in [6.07, 6.45) is 5.22. The van der Waals surface area contributed by atoms with Crippen molar-refractivity contribution in [3.8, 4) is 0 Å². The number of hydrogen-bond acceptors (Lipinski definition) is 4. The average molecular weight is 398 g/mol. The summed E-state index contributed by atoms with van der Waals surface area (Å²) in [5.41, 5.74) is 1.83. The van der Waals surface area contributed by atoms with E-state index in [0.717, 1.165) is 25.7 Å². The number of hydrogen-bond donors (Lipinski definition) is 1. The first-order valence-electron chi connectivity index (χ1n) is 10.4. The SMILES string of the molecule is Cc1cc(NC(=O)CN(C(=O)c2ccc(C(C)(C)C)cc2)C2CCCCC2)no1. The highest BCUT2D eigenvalue weighted by Gasteiger charge is 2.28. The van der Waals surface area contributed by atoms with Gasteiger partial charge < -0.3 is 14.7 Å². The molecule has 156 valence electrons. The zero-order valence-electron chi connectivity index (χ0n) is 17.8. The molecule has 0 atom stereocenters. The van der Waals surface area contributed by atoms with Crippen molar-refractivity contribution in [1.29, 1.82) is 0 Å². The van der Waals surface area contributed by atoms with Gasteiger partial charge in [0.1, 0.15) is 12.3 Å². The highest BCUT2D eigenvalue weighted by Crippen LogP contribution is 2.26. The number of anilines is 1. The molecule has 0 unspecified atom stereocenters. The van der Waals surface area contributed by atoms with E-state index in [1.165, 1.54) is 12.0 Å². The highest BCUT2D eigenvalue weighted by molar-refractivity contribution is 5.99. The maximum absolute atomic E-state index is 13.3. The van der Waals surface area contributed by atoms with E-state index in [-0.39, 0.29) is 29.8 Å². The lowest BCUT2D eigenvalue weighted by atomic mass is 9.86. The lowest BCUT2D eigenvalue weighted by Crippen LogP contribution is -2.45. The van der Waals surface area contributed by atoms with Crippen molar-refractivity contribution in [3.63, 3.8) is 0 Å². The fraction of sp³-hybridized carbons (Fsp3) is 0.522. The van der Waals surface area contributed by atoms with Crippen LogP contribution in [-0.2, 0) is 10.2 Å². The molecular formula is C23H31N3O3. The fourth-order valence-corrected chi connectivity index (χ4v) is 3.80. The number of amides is 2. The molecule has 1 aromatic carbocycles. The van der Waals surface area contributed by atoms with Gasteiger partial charge in [0.05, 0.1) is 0 Å². The van der Waals surface area contributed by atoms with E-state index >= 15 is 0 Å². The first-order valence-corrected chi connectivity index (χ1v) is 10.4. The van der Waals surface area contributed by atoms with E-state index in [0.29, 0.717) is 17.1 Å². The second kappa shape index (κ2) is 8.80. The average Bonchev–Trinajstić information content (AvgIpc) is 3.10. The Hall–Kier alpha value is -2.63. The zero-order valence-corrected chi connectivity index (χ0v) is 17.8. The quantitative estimate of drug-likeness (QED) is 0.794. The van der Waals surface area contributed by atoms with Gasteiger partial charge in [0.2, 0.25) is 5.91 Å². The molecule has 1 fully saturated rings. The summed E-state index contributed by atoms with van der Waals surface area (Å²) < 4.78 is 5.00. The van der Waals surface area contributed by atoms with Gasteiger partial charge in [-0.15, -0.1) is 0 Å². The molecule has 0 spiro atoms. The van der Waals surface area contributed by atoms with Gasteiger partial charge in [-0.05, 0) is 42.9 Å². The number of aromatic nitrogens is 1. The maximum atomic E-state index is 13.3. The van der Waals surface area contributed by atoms with Crippen molar-refractivity contribution in [1.82, 2.24) is 10.1 Å². The lowest BCUT2D eigenvalue weighted by molar-refractivity contribution is -0.117. The molecule has 1 N–H and O–H groups in total. The Balaban J connectivity index is 1.77. The van der Waals surface area contributed by atoms with Crippen LogP contribution in [-0.4, -0.2) is 34.5 Å². The number of nitrogens with one attached hydrogen (secondary N) is 1. The molecule has 6 nitrogen and oxygen atoms in total. The third kappa shape index (κ3) is 5.46. The second-order valence-electron chi connectivity index (χ2n) is 8.92. The Bertz CT molecular complexity index is 843. The van der Waals surface area contributed by atoms with Crippen LogP contribution >= 0.6 is 0 Å². The van der Waals surface area contributed by atoms with Gasteiger partial charge in [-0.3, -0.25) is 9.59 Å². The Morgan fingerprint density at radius 3 is 2.34 bits per heavy atom. The van der Waals surface area contributed by atoms with Crippen LogP contribution in [0.25, 0.3) is 0 Å². The number of benzene rings is 1. The van der Waals surface area contributed by atoms with Crippen LogP contribution in [0, 0.1) is 6.92 Å². The molecule has 1 heterocycles. The predicted octanol–water partition coefficient (Wildman–Crippen LogP) is 4.69. The lowest BCUT2D eigenvalue weighted by Gasteiger charge is -2.34. The van der Waals surface area contributed by atoms with Crippen molar-refractivity contribution < 1.29 is 14.1 Å². The minimum Gasteiger partial charge on any atom is -0.360 e. The summed E-state index contributed by atoms with van der Waals surface area (Å²) >= 11 is 0. The summed E-state index contributed by atoms with van der Waals surface area (Å²) in [6.45, 7) is 8.22. The van der Waals surface area contributed by atoms with Crippen molar-refractivity contribution in [2.75, 3.05) is 11.9 Å².